The van der Waals surface area contributed by atoms with Crippen LogP contribution in [-0.2, 0) is 16.1 Å². The minimum atomic E-state index is -0.448. The van der Waals surface area contributed by atoms with Gasteiger partial charge >= 0.3 is 0 Å². The molecule has 1 aliphatic heterocycles. The van der Waals surface area contributed by atoms with Crippen LogP contribution in [0.5, 0.6) is 0 Å². The van der Waals surface area contributed by atoms with Crippen molar-refractivity contribution in [2.75, 3.05) is 19.7 Å². The Bertz CT molecular complexity index is 416. The molecule has 6 nitrogen and oxygen atoms in total. The van der Waals surface area contributed by atoms with E-state index >= 15 is 0 Å². The summed E-state index contributed by atoms with van der Waals surface area (Å²) in [6.07, 6.45) is 3.77. The van der Waals surface area contributed by atoms with Crippen molar-refractivity contribution in [2.45, 2.75) is 32.5 Å². The lowest BCUT2D eigenvalue weighted by molar-refractivity contribution is -0.140. The number of morpholine rings is 1. The summed E-state index contributed by atoms with van der Waals surface area (Å²) in [5.41, 5.74) is 6.74. The normalized spacial score (nSPS) is 21.9. The van der Waals surface area contributed by atoms with Crippen molar-refractivity contribution in [3.05, 3.63) is 18.0 Å². The fourth-order valence-electron chi connectivity index (χ4n) is 2.09. The van der Waals surface area contributed by atoms with Gasteiger partial charge in [-0.2, -0.15) is 5.10 Å². The topological polar surface area (TPSA) is 73.4 Å². The molecule has 2 heterocycles. The molecule has 18 heavy (non-hydrogen) atoms. The van der Waals surface area contributed by atoms with Crippen LogP contribution in [0.25, 0.3) is 0 Å². The number of rotatable bonds is 3. The van der Waals surface area contributed by atoms with Crippen molar-refractivity contribution in [1.82, 2.24) is 14.7 Å². The third-order valence-corrected chi connectivity index (χ3v) is 2.99. The molecule has 0 aromatic carbocycles. The number of amides is 1. The van der Waals surface area contributed by atoms with Gasteiger partial charge in [-0.05, 0) is 19.4 Å². The number of hydrogen-bond donors (Lipinski definition) is 1. The number of ether oxygens (including phenoxy) is 1. The van der Waals surface area contributed by atoms with Gasteiger partial charge in [0.25, 0.3) is 0 Å². The highest BCUT2D eigenvalue weighted by molar-refractivity contribution is 5.81. The Balaban J connectivity index is 1.92. The highest BCUT2D eigenvalue weighted by atomic mass is 16.5. The molecule has 0 aliphatic carbocycles. The number of carbonyl (C=O) groups excluding carboxylic acids is 1. The number of nitrogens with zero attached hydrogens (tertiary/aromatic N) is 3. The van der Waals surface area contributed by atoms with Gasteiger partial charge in [-0.3, -0.25) is 9.48 Å². The van der Waals surface area contributed by atoms with Gasteiger partial charge in [0.1, 0.15) is 0 Å². The summed E-state index contributed by atoms with van der Waals surface area (Å²) < 4.78 is 7.50. The van der Waals surface area contributed by atoms with Gasteiger partial charge in [-0.1, -0.05) is 0 Å². The second kappa shape index (κ2) is 5.49. The molecule has 1 fully saturated rings. The predicted octanol–water partition coefficient (Wildman–Crippen LogP) is -0.234. The largest absolute Gasteiger partial charge is 0.373 e. The summed E-state index contributed by atoms with van der Waals surface area (Å²) in [6.45, 7) is 6.13. The van der Waals surface area contributed by atoms with Crippen LogP contribution < -0.4 is 5.73 Å². The average molecular weight is 252 g/mol. The van der Waals surface area contributed by atoms with Crippen LogP contribution in [0.1, 0.15) is 12.5 Å². The monoisotopic (exact) mass is 252 g/mol. The molecule has 2 N–H and O–H groups in total. The number of aromatic nitrogens is 2. The number of nitrogens with two attached hydrogens (primary N) is 1. The minimum absolute atomic E-state index is 0.0132. The van der Waals surface area contributed by atoms with Gasteiger partial charge < -0.3 is 15.4 Å². The standard InChI is InChI=1S/C12H20N4O2/c1-9-5-14-16(6-9)8-11-7-15(3-4-18-11)12(17)10(2)13/h5-6,10-11H,3-4,7-8,13H2,1-2H3. The zero-order chi connectivity index (χ0) is 13.1. The molecular weight excluding hydrogens is 232 g/mol. The maximum Gasteiger partial charge on any atom is 0.239 e. The van der Waals surface area contributed by atoms with Crippen LogP contribution in [0.4, 0.5) is 0 Å². The molecule has 0 radical (unpaired) electrons. The third-order valence-electron chi connectivity index (χ3n) is 2.99. The molecule has 0 saturated carbocycles. The molecule has 1 aromatic rings. The fourth-order valence-corrected chi connectivity index (χ4v) is 2.09. The summed E-state index contributed by atoms with van der Waals surface area (Å²) in [5, 5.41) is 4.22. The van der Waals surface area contributed by atoms with Crippen LogP contribution in [-0.4, -0.2) is 52.4 Å². The van der Waals surface area contributed by atoms with Crippen molar-refractivity contribution in [3.63, 3.8) is 0 Å². The van der Waals surface area contributed by atoms with E-state index in [9.17, 15) is 4.79 Å². The molecule has 0 bridgehead atoms. The van der Waals surface area contributed by atoms with Gasteiger partial charge in [0.05, 0.1) is 31.5 Å². The molecular formula is C12H20N4O2. The van der Waals surface area contributed by atoms with E-state index in [1.54, 1.807) is 11.8 Å². The summed E-state index contributed by atoms with van der Waals surface area (Å²) in [4.78, 5) is 13.6. The van der Waals surface area contributed by atoms with Crippen molar-refractivity contribution < 1.29 is 9.53 Å². The Kier molecular flexibility index (Phi) is 3.98. The van der Waals surface area contributed by atoms with Gasteiger partial charge in [0, 0.05) is 19.3 Å². The molecule has 1 aromatic heterocycles. The minimum Gasteiger partial charge on any atom is -0.373 e. The number of hydrogen-bond acceptors (Lipinski definition) is 4. The maximum atomic E-state index is 11.8. The first kappa shape index (κ1) is 13.0. The lowest BCUT2D eigenvalue weighted by Gasteiger charge is -2.33. The van der Waals surface area contributed by atoms with E-state index in [0.29, 0.717) is 26.2 Å². The quantitative estimate of drug-likeness (QED) is 0.806. The number of carbonyl (C=O) groups is 1. The Hall–Kier alpha value is -1.40. The van der Waals surface area contributed by atoms with Crippen LogP contribution in [0, 0.1) is 6.92 Å². The lowest BCUT2D eigenvalue weighted by Crippen LogP contribution is -2.51. The van der Waals surface area contributed by atoms with E-state index < -0.39 is 6.04 Å². The van der Waals surface area contributed by atoms with E-state index in [2.05, 4.69) is 5.10 Å². The Morgan fingerprint density at radius 1 is 1.72 bits per heavy atom. The second-order valence-electron chi connectivity index (χ2n) is 4.81. The van der Waals surface area contributed by atoms with Crippen molar-refractivity contribution in [3.8, 4) is 0 Å². The maximum absolute atomic E-state index is 11.8. The highest BCUT2D eigenvalue weighted by Gasteiger charge is 2.26. The third kappa shape index (κ3) is 3.08. The Labute approximate surface area is 107 Å². The molecule has 1 amide bonds. The predicted molar refractivity (Wildman–Crippen MR) is 66.9 cm³/mol. The fraction of sp³-hybridized carbons (Fsp3) is 0.667. The first-order valence-corrected chi connectivity index (χ1v) is 6.21. The van der Waals surface area contributed by atoms with Crippen LogP contribution in [0.15, 0.2) is 12.4 Å². The van der Waals surface area contributed by atoms with E-state index in [1.165, 1.54) is 0 Å². The van der Waals surface area contributed by atoms with Gasteiger partial charge in [0.2, 0.25) is 5.91 Å². The molecule has 100 valence electrons. The smallest absolute Gasteiger partial charge is 0.239 e. The second-order valence-corrected chi connectivity index (χ2v) is 4.81. The molecule has 2 atom stereocenters. The lowest BCUT2D eigenvalue weighted by atomic mass is 10.2. The zero-order valence-electron chi connectivity index (χ0n) is 10.9. The summed E-state index contributed by atoms with van der Waals surface area (Å²) >= 11 is 0. The van der Waals surface area contributed by atoms with Crippen LogP contribution in [0.2, 0.25) is 0 Å². The summed E-state index contributed by atoms with van der Waals surface area (Å²) in [6, 6.07) is -0.448. The average Bonchev–Trinajstić information content (AvgIpc) is 2.74. The van der Waals surface area contributed by atoms with Crippen molar-refractivity contribution >= 4 is 5.91 Å². The molecule has 2 unspecified atom stereocenters. The van der Waals surface area contributed by atoms with Crippen molar-refractivity contribution in [2.24, 2.45) is 5.73 Å². The van der Waals surface area contributed by atoms with E-state index in [1.807, 2.05) is 24.0 Å². The van der Waals surface area contributed by atoms with E-state index in [-0.39, 0.29) is 12.0 Å². The first-order chi connectivity index (χ1) is 8.56. The summed E-state index contributed by atoms with van der Waals surface area (Å²) in [7, 11) is 0. The van der Waals surface area contributed by atoms with E-state index in [4.69, 9.17) is 10.5 Å². The van der Waals surface area contributed by atoms with Gasteiger partial charge in [-0.15, -0.1) is 0 Å². The van der Waals surface area contributed by atoms with E-state index in [0.717, 1.165) is 5.56 Å². The Morgan fingerprint density at radius 2 is 2.50 bits per heavy atom. The molecule has 6 heteroatoms. The Morgan fingerprint density at radius 3 is 3.11 bits per heavy atom. The van der Waals surface area contributed by atoms with Crippen LogP contribution >= 0.6 is 0 Å². The van der Waals surface area contributed by atoms with Crippen molar-refractivity contribution in [1.29, 1.82) is 0 Å². The molecule has 2 rings (SSSR count). The molecule has 0 spiro atoms. The van der Waals surface area contributed by atoms with Crippen LogP contribution in [0.3, 0.4) is 0 Å². The summed E-state index contributed by atoms with van der Waals surface area (Å²) in [5.74, 6) is -0.0139. The van der Waals surface area contributed by atoms with Gasteiger partial charge in [0.15, 0.2) is 0 Å². The molecule has 1 saturated heterocycles. The molecule has 1 aliphatic rings. The zero-order valence-corrected chi connectivity index (χ0v) is 10.9. The van der Waals surface area contributed by atoms with Gasteiger partial charge in [-0.25, -0.2) is 0 Å². The number of aryl methyl sites for hydroxylation is 1. The highest BCUT2D eigenvalue weighted by Crippen LogP contribution is 2.09. The SMILES string of the molecule is Cc1cnn(CC2CN(C(=O)C(C)N)CCO2)c1. The first-order valence-electron chi connectivity index (χ1n) is 6.21.